The third-order valence-electron chi connectivity index (χ3n) is 5.47. The molecule has 7 heteroatoms. The first-order valence-corrected chi connectivity index (χ1v) is 9.32. The SMILES string of the molecule is Cc1c(C#N)c2ccccc2n1CC(=O)N1CCO[C@@]2(CNCCOC2)C1. The second-order valence-electron chi connectivity index (χ2n) is 7.25. The minimum atomic E-state index is -0.476. The van der Waals surface area contributed by atoms with Gasteiger partial charge in [-0.1, -0.05) is 18.2 Å². The Morgan fingerprint density at radius 2 is 2.22 bits per heavy atom. The molecule has 2 aliphatic rings. The van der Waals surface area contributed by atoms with Gasteiger partial charge in [-0.05, 0) is 13.0 Å². The van der Waals surface area contributed by atoms with E-state index in [9.17, 15) is 10.1 Å². The van der Waals surface area contributed by atoms with E-state index < -0.39 is 5.60 Å². The van der Waals surface area contributed by atoms with E-state index in [0.717, 1.165) is 23.1 Å². The molecular weight excluding hydrogens is 344 g/mol. The number of amides is 1. The monoisotopic (exact) mass is 368 g/mol. The van der Waals surface area contributed by atoms with Crippen LogP contribution in [-0.4, -0.2) is 67.0 Å². The standard InChI is InChI=1S/C20H24N4O3/c1-15-17(10-21)16-4-2-3-5-18(16)24(15)11-19(25)23-7-9-27-20(13-23)12-22-6-8-26-14-20/h2-5,22H,6-9,11-14H2,1H3/t20-/m0/s1. The minimum absolute atomic E-state index is 0.0373. The molecule has 2 aliphatic heterocycles. The lowest BCUT2D eigenvalue weighted by molar-refractivity contribution is -0.158. The van der Waals surface area contributed by atoms with E-state index in [1.165, 1.54) is 0 Å². The number of benzene rings is 1. The Balaban J connectivity index is 1.57. The zero-order valence-corrected chi connectivity index (χ0v) is 15.5. The van der Waals surface area contributed by atoms with Gasteiger partial charge in [-0.25, -0.2) is 0 Å². The number of nitriles is 1. The Kier molecular flexibility index (Phi) is 4.87. The van der Waals surface area contributed by atoms with Gasteiger partial charge >= 0.3 is 0 Å². The number of carbonyl (C=O) groups excluding carboxylic acids is 1. The van der Waals surface area contributed by atoms with Gasteiger partial charge in [0, 0.05) is 30.7 Å². The Bertz CT molecular complexity index is 890. The Hall–Kier alpha value is -2.40. The van der Waals surface area contributed by atoms with Gasteiger partial charge in [0.05, 0.1) is 37.4 Å². The van der Waals surface area contributed by atoms with E-state index in [-0.39, 0.29) is 12.5 Å². The highest BCUT2D eigenvalue weighted by atomic mass is 16.5. The lowest BCUT2D eigenvalue weighted by Crippen LogP contribution is -2.59. The number of ether oxygens (including phenoxy) is 2. The number of rotatable bonds is 2. The van der Waals surface area contributed by atoms with E-state index in [2.05, 4.69) is 11.4 Å². The zero-order valence-electron chi connectivity index (χ0n) is 15.5. The summed E-state index contributed by atoms with van der Waals surface area (Å²) in [6.07, 6.45) is 0. The van der Waals surface area contributed by atoms with Crippen LogP contribution in [0.2, 0.25) is 0 Å². The van der Waals surface area contributed by atoms with Crippen molar-refractivity contribution in [1.82, 2.24) is 14.8 Å². The van der Waals surface area contributed by atoms with E-state index in [0.29, 0.717) is 45.0 Å². The number of fused-ring (bicyclic) bond motifs is 1. The number of hydrogen-bond donors (Lipinski definition) is 1. The number of hydrogen-bond acceptors (Lipinski definition) is 5. The molecule has 0 radical (unpaired) electrons. The smallest absolute Gasteiger partial charge is 0.242 e. The molecule has 142 valence electrons. The zero-order chi connectivity index (χ0) is 18.9. The third kappa shape index (κ3) is 3.32. The van der Waals surface area contributed by atoms with Crippen molar-refractivity contribution in [1.29, 1.82) is 5.26 Å². The predicted octanol–water partition coefficient (Wildman–Crippen LogP) is 1.04. The van der Waals surface area contributed by atoms with Crippen molar-refractivity contribution in [2.24, 2.45) is 0 Å². The fraction of sp³-hybridized carbons (Fsp3) is 0.500. The molecule has 0 unspecified atom stereocenters. The molecule has 1 amide bonds. The van der Waals surface area contributed by atoms with Crippen LogP contribution < -0.4 is 5.32 Å². The van der Waals surface area contributed by atoms with Crippen molar-refractivity contribution in [3.8, 4) is 6.07 Å². The van der Waals surface area contributed by atoms with Crippen LogP contribution >= 0.6 is 0 Å². The largest absolute Gasteiger partial charge is 0.377 e. The maximum absolute atomic E-state index is 13.1. The topological polar surface area (TPSA) is 79.5 Å². The van der Waals surface area contributed by atoms with Crippen LogP contribution in [0, 0.1) is 18.3 Å². The fourth-order valence-corrected chi connectivity index (χ4v) is 4.03. The summed E-state index contributed by atoms with van der Waals surface area (Å²) in [7, 11) is 0. The maximum Gasteiger partial charge on any atom is 0.242 e. The molecule has 2 saturated heterocycles. The van der Waals surface area contributed by atoms with Gasteiger partial charge in [0.25, 0.3) is 0 Å². The normalized spacial score (nSPS) is 23.3. The van der Waals surface area contributed by atoms with Crippen LogP contribution in [0.3, 0.4) is 0 Å². The van der Waals surface area contributed by atoms with E-state index >= 15 is 0 Å². The molecule has 1 atom stereocenters. The molecule has 1 spiro atoms. The molecule has 27 heavy (non-hydrogen) atoms. The van der Waals surface area contributed by atoms with Crippen molar-refractivity contribution in [2.75, 3.05) is 46.0 Å². The summed E-state index contributed by atoms with van der Waals surface area (Å²) in [4.78, 5) is 14.9. The highest BCUT2D eigenvalue weighted by Crippen LogP contribution is 2.26. The van der Waals surface area contributed by atoms with Crippen LogP contribution in [0.1, 0.15) is 11.3 Å². The Morgan fingerprint density at radius 3 is 3.07 bits per heavy atom. The molecule has 0 saturated carbocycles. The van der Waals surface area contributed by atoms with Crippen LogP contribution in [-0.2, 0) is 20.8 Å². The molecule has 0 bridgehead atoms. The molecule has 1 aromatic carbocycles. The van der Waals surface area contributed by atoms with Crippen LogP contribution in [0.5, 0.6) is 0 Å². The highest BCUT2D eigenvalue weighted by molar-refractivity contribution is 5.89. The van der Waals surface area contributed by atoms with Crippen molar-refractivity contribution in [2.45, 2.75) is 19.1 Å². The number of aromatic nitrogens is 1. The Labute approximate surface area is 158 Å². The molecule has 3 heterocycles. The van der Waals surface area contributed by atoms with Crippen molar-refractivity contribution >= 4 is 16.8 Å². The average molecular weight is 368 g/mol. The summed E-state index contributed by atoms with van der Waals surface area (Å²) < 4.78 is 13.6. The summed E-state index contributed by atoms with van der Waals surface area (Å²) in [6, 6.07) is 10.0. The lowest BCUT2D eigenvalue weighted by atomic mass is 10.0. The van der Waals surface area contributed by atoms with Gasteiger partial charge in [0.2, 0.25) is 5.91 Å². The number of carbonyl (C=O) groups is 1. The molecule has 2 fully saturated rings. The molecule has 1 N–H and O–H groups in total. The minimum Gasteiger partial charge on any atom is -0.377 e. The molecule has 7 nitrogen and oxygen atoms in total. The second-order valence-corrected chi connectivity index (χ2v) is 7.25. The average Bonchev–Trinajstić information content (AvgIpc) is 2.82. The molecule has 2 aromatic rings. The van der Waals surface area contributed by atoms with Crippen LogP contribution in [0.4, 0.5) is 0 Å². The van der Waals surface area contributed by atoms with Crippen molar-refractivity contribution < 1.29 is 14.3 Å². The van der Waals surface area contributed by atoms with E-state index in [1.54, 1.807) is 0 Å². The number of para-hydroxylation sites is 1. The highest BCUT2D eigenvalue weighted by Gasteiger charge is 2.39. The van der Waals surface area contributed by atoms with Gasteiger partial charge in [-0.15, -0.1) is 0 Å². The lowest BCUT2D eigenvalue weighted by Gasteiger charge is -2.41. The maximum atomic E-state index is 13.1. The van der Waals surface area contributed by atoms with Crippen molar-refractivity contribution in [3.05, 3.63) is 35.5 Å². The fourth-order valence-electron chi connectivity index (χ4n) is 4.03. The van der Waals surface area contributed by atoms with Gasteiger partial charge in [-0.3, -0.25) is 4.79 Å². The third-order valence-corrected chi connectivity index (χ3v) is 5.47. The van der Waals surface area contributed by atoms with Gasteiger partial charge in [0.1, 0.15) is 18.2 Å². The first-order valence-electron chi connectivity index (χ1n) is 9.32. The summed E-state index contributed by atoms with van der Waals surface area (Å²) >= 11 is 0. The first kappa shape index (κ1) is 18.0. The Morgan fingerprint density at radius 1 is 1.37 bits per heavy atom. The van der Waals surface area contributed by atoms with Crippen molar-refractivity contribution in [3.63, 3.8) is 0 Å². The van der Waals surface area contributed by atoms with Crippen LogP contribution in [0.25, 0.3) is 10.9 Å². The van der Waals surface area contributed by atoms with E-state index in [1.807, 2.05) is 40.7 Å². The van der Waals surface area contributed by atoms with Gasteiger partial charge in [-0.2, -0.15) is 5.26 Å². The second kappa shape index (κ2) is 7.31. The van der Waals surface area contributed by atoms with Gasteiger partial charge in [0.15, 0.2) is 0 Å². The first-order chi connectivity index (χ1) is 13.1. The summed E-state index contributed by atoms with van der Waals surface area (Å²) in [5, 5.41) is 13.7. The summed E-state index contributed by atoms with van der Waals surface area (Å²) in [6.45, 7) is 6.34. The molecule has 1 aromatic heterocycles. The summed E-state index contributed by atoms with van der Waals surface area (Å²) in [5.41, 5.74) is 1.91. The van der Waals surface area contributed by atoms with Crippen LogP contribution in [0.15, 0.2) is 24.3 Å². The number of nitrogens with one attached hydrogen (secondary N) is 1. The molecule has 4 rings (SSSR count). The summed E-state index contributed by atoms with van der Waals surface area (Å²) in [5.74, 6) is 0.0373. The molecular formula is C20H24N4O3. The number of nitrogens with zero attached hydrogens (tertiary/aromatic N) is 3. The number of morpholine rings is 1. The molecule has 0 aliphatic carbocycles. The predicted molar refractivity (Wildman–Crippen MR) is 100 cm³/mol. The quantitative estimate of drug-likeness (QED) is 0.857. The van der Waals surface area contributed by atoms with E-state index in [4.69, 9.17) is 9.47 Å². The van der Waals surface area contributed by atoms with Gasteiger partial charge < -0.3 is 24.3 Å².